The topological polar surface area (TPSA) is 93.5 Å². The number of nitrogens with one attached hydrogen (secondary N) is 1. The minimum Gasteiger partial charge on any atom is -0.481 e. The molecule has 2 N–H and O–H groups in total. The van der Waals surface area contributed by atoms with Crippen molar-refractivity contribution >= 4 is 17.6 Å². The summed E-state index contributed by atoms with van der Waals surface area (Å²) in [5.74, 6) is -2.78. The Bertz CT molecular complexity index is 465. The van der Waals surface area contributed by atoms with E-state index in [9.17, 15) is 9.59 Å². The van der Waals surface area contributed by atoms with Crippen molar-refractivity contribution < 1.29 is 19.4 Å². The van der Waals surface area contributed by atoms with Crippen molar-refractivity contribution in [3.8, 4) is 0 Å². The maximum atomic E-state index is 11.6. The van der Waals surface area contributed by atoms with Crippen molar-refractivity contribution in [2.24, 2.45) is 5.92 Å². The van der Waals surface area contributed by atoms with Crippen LogP contribution in [-0.2, 0) is 20.9 Å². The van der Waals surface area contributed by atoms with Gasteiger partial charge >= 0.3 is 5.97 Å². The predicted molar refractivity (Wildman–Crippen MR) is 66.6 cm³/mol. The first-order valence-corrected chi connectivity index (χ1v) is 6.24. The number of hydrogen-bond donors (Lipinski definition) is 2. The van der Waals surface area contributed by atoms with Crippen LogP contribution in [0.25, 0.3) is 0 Å². The zero-order valence-corrected chi connectivity index (χ0v) is 10.7. The number of anilines is 1. The third kappa shape index (κ3) is 3.54. The Morgan fingerprint density at radius 2 is 2.47 bits per heavy atom. The van der Waals surface area contributed by atoms with E-state index in [0.717, 1.165) is 19.4 Å². The minimum atomic E-state index is -1.15. The second-order valence-corrected chi connectivity index (χ2v) is 4.64. The molecule has 1 aliphatic rings. The lowest BCUT2D eigenvalue weighted by Crippen LogP contribution is -2.26. The summed E-state index contributed by atoms with van der Waals surface area (Å²) in [6.45, 7) is 2.77. The van der Waals surface area contributed by atoms with Gasteiger partial charge in [-0.05, 0) is 19.8 Å². The number of nitrogens with zero attached hydrogens (tertiary/aromatic N) is 2. The standard InChI is InChI=1S/C12H17N3O4/c1-8(12(17)18)11(16)14-9-5-13-15(6-9)7-10-3-2-4-19-10/h5-6,8,10H,2-4,7H2,1H3,(H,14,16)(H,17,18). The SMILES string of the molecule is CC(C(=O)O)C(=O)Nc1cnn(CC2CCCO2)c1. The molecule has 0 saturated carbocycles. The van der Waals surface area contributed by atoms with Gasteiger partial charge < -0.3 is 15.2 Å². The molecular weight excluding hydrogens is 250 g/mol. The molecule has 2 unspecified atom stereocenters. The number of amides is 1. The molecule has 0 radical (unpaired) electrons. The van der Waals surface area contributed by atoms with Crippen LogP contribution in [0.1, 0.15) is 19.8 Å². The Kier molecular flexibility index (Phi) is 4.16. The van der Waals surface area contributed by atoms with Gasteiger partial charge in [0.2, 0.25) is 5.91 Å². The number of carbonyl (C=O) groups excluding carboxylic acids is 1. The average molecular weight is 267 g/mol. The summed E-state index contributed by atoms with van der Waals surface area (Å²) in [5, 5.41) is 15.4. The fourth-order valence-electron chi connectivity index (χ4n) is 1.89. The quantitative estimate of drug-likeness (QED) is 0.767. The molecule has 104 valence electrons. The molecule has 2 atom stereocenters. The zero-order chi connectivity index (χ0) is 13.8. The molecule has 1 saturated heterocycles. The van der Waals surface area contributed by atoms with E-state index in [2.05, 4.69) is 10.4 Å². The van der Waals surface area contributed by atoms with Gasteiger partial charge in [0.05, 0.1) is 24.5 Å². The van der Waals surface area contributed by atoms with Gasteiger partial charge in [0.25, 0.3) is 0 Å². The number of carboxylic acid groups (broad SMARTS) is 1. The van der Waals surface area contributed by atoms with Crippen molar-refractivity contribution in [3.05, 3.63) is 12.4 Å². The van der Waals surface area contributed by atoms with Gasteiger partial charge in [-0.25, -0.2) is 0 Å². The first kappa shape index (κ1) is 13.5. The Balaban J connectivity index is 1.89. The monoisotopic (exact) mass is 267 g/mol. The molecule has 1 fully saturated rings. The molecule has 0 aliphatic carbocycles. The van der Waals surface area contributed by atoms with E-state index in [1.165, 1.54) is 13.1 Å². The van der Waals surface area contributed by atoms with E-state index >= 15 is 0 Å². The van der Waals surface area contributed by atoms with Crippen molar-refractivity contribution in [1.82, 2.24) is 9.78 Å². The third-order valence-corrected chi connectivity index (χ3v) is 3.08. The van der Waals surface area contributed by atoms with Crippen LogP contribution >= 0.6 is 0 Å². The highest BCUT2D eigenvalue weighted by Gasteiger charge is 2.21. The lowest BCUT2D eigenvalue weighted by Gasteiger charge is -2.08. The Morgan fingerprint density at radius 1 is 1.68 bits per heavy atom. The summed E-state index contributed by atoms with van der Waals surface area (Å²) in [4.78, 5) is 22.2. The van der Waals surface area contributed by atoms with Gasteiger partial charge in [0.1, 0.15) is 5.92 Å². The largest absolute Gasteiger partial charge is 0.481 e. The number of carboxylic acids is 1. The highest BCUT2D eigenvalue weighted by Crippen LogP contribution is 2.15. The molecule has 0 bridgehead atoms. The van der Waals surface area contributed by atoms with Crippen LogP contribution in [-0.4, -0.2) is 39.5 Å². The summed E-state index contributed by atoms with van der Waals surface area (Å²) in [5.41, 5.74) is 0.496. The fraction of sp³-hybridized carbons (Fsp3) is 0.583. The molecule has 1 aromatic rings. The van der Waals surface area contributed by atoms with Crippen LogP contribution in [0.2, 0.25) is 0 Å². The Labute approximate surface area is 110 Å². The van der Waals surface area contributed by atoms with Crippen molar-refractivity contribution in [3.63, 3.8) is 0 Å². The number of hydrogen-bond acceptors (Lipinski definition) is 4. The van der Waals surface area contributed by atoms with Crippen molar-refractivity contribution in [2.45, 2.75) is 32.4 Å². The summed E-state index contributed by atoms with van der Waals surface area (Å²) >= 11 is 0. The van der Waals surface area contributed by atoms with Gasteiger partial charge in [-0.2, -0.15) is 5.10 Å². The van der Waals surface area contributed by atoms with Crippen LogP contribution < -0.4 is 5.32 Å². The van der Waals surface area contributed by atoms with Gasteiger partial charge in [-0.1, -0.05) is 0 Å². The molecule has 19 heavy (non-hydrogen) atoms. The third-order valence-electron chi connectivity index (χ3n) is 3.08. The fourth-order valence-corrected chi connectivity index (χ4v) is 1.89. The second kappa shape index (κ2) is 5.83. The molecule has 7 nitrogen and oxygen atoms in total. The van der Waals surface area contributed by atoms with Gasteiger partial charge in [0.15, 0.2) is 0 Å². The Morgan fingerprint density at radius 3 is 3.11 bits per heavy atom. The number of aliphatic carboxylic acids is 1. The summed E-state index contributed by atoms with van der Waals surface area (Å²) in [6.07, 6.45) is 5.42. The summed E-state index contributed by atoms with van der Waals surface area (Å²) in [7, 11) is 0. The normalized spacial score (nSPS) is 20.2. The predicted octanol–water partition coefficient (Wildman–Crippen LogP) is 0.721. The number of carbonyl (C=O) groups is 2. The van der Waals surface area contributed by atoms with Crippen molar-refractivity contribution in [1.29, 1.82) is 0 Å². The number of ether oxygens (including phenoxy) is 1. The van der Waals surface area contributed by atoms with Crippen LogP contribution in [0.5, 0.6) is 0 Å². The smallest absolute Gasteiger partial charge is 0.315 e. The first-order valence-electron chi connectivity index (χ1n) is 6.24. The lowest BCUT2D eigenvalue weighted by molar-refractivity contribution is -0.144. The second-order valence-electron chi connectivity index (χ2n) is 4.64. The van der Waals surface area contributed by atoms with Gasteiger partial charge in [-0.3, -0.25) is 14.3 Å². The summed E-state index contributed by atoms with van der Waals surface area (Å²) in [6, 6.07) is 0. The maximum Gasteiger partial charge on any atom is 0.315 e. The maximum absolute atomic E-state index is 11.6. The lowest BCUT2D eigenvalue weighted by atomic mass is 10.2. The van der Waals surface area contributed by atoms with Gasteiger partial charge in [-0.15, -0.1) is 0 Å². The number of aromatic nitrogens is 2. The van der Waals surface area contributed by atoms with Crippen LogP contribution in [0.3, 0.4) is 0 Å². The molecule has 0 aromatic carbocycles. The molecule has 1 aromatic heterocycles. The average Bonchev–Trinajstić information content (AvgIpc) is 3.00. The van der Waals surface area contributed by atoms with Crippen LogP contribution in [0, 0.1) is 5.92 Å². The molecule has 7 heteroatoms. The zero-order valence-electron chi connectivity index (χ0n) is 10.7. The Hall–Kier alpha value is -1.89. The molecule has 1 amide bonds. The molecule has 2 heterocycles. The molecule has 0 spiro atoms. The van der Waals surface area contributed by atoms with E-state index in [4.69, 9.17) is 9.84 Å². The minimum absolute atomic E-state index is 0.168. The van der Waals surface area contributed by atoms with E-state index in [-0.39, 0.29) is 6.10 Å². The van der Waals surface area contributed by atoms with E-state index in [1.54, 1.807) is 10.9 Å². The van der Waals surface area contributed by atoms with Crippen LogP contribution in [0.4, 0.5) is 5.69 Å². The van der Waals surface area contributed by atoms with E-state index < -0.39 is 17.8 Å². The molecular formula is C12H17N3O4. The first-order chi connectivity index (χ1) is 9.06. The highest BCUT2D eigenvalue weighted by molar-refractivity contribution is 6.03. The number of rotatable bonds is 5. The van der Waals surface area contributed by atoms with E-state index in [0.29, 0.717) is 12.2 Å². The van der Waals surface area contributed by atoms with Crippen molar-refractivity contribution in [2.75, 3.05) is 11.9 Å². The molecule has 2 rings (SSSR count). The highest BCUT2D eigenvalue weighted by atomic mass is 16.5. The van der Waals surface area contributed by atoms with Crippen LogP contribution in [0.15, 0.2) is 12.4 Å². The van der Waals surface area contributed by atoms with Gasteiger partial charge in [0, 0.05) is 12.8 Å². The molecule has 1 aliphatic heterocycles. The van der Waals surface area contributed by atoms with E-state index in [1.807, 2.05) is 0 Å². The summed E-state index contributed by atoms with van der Waals surface area (Å²) < 4.78 is 7.18.